The van der Waals surface area contributed by atoms with Crippen LogP contribution in [0.4, 0.5) is 0 Å². The van der Waals surface area contributed by atoms with E-state index in [0.29, 0.717) is 10.6 Å². The smallest absolute Gasteiger partial charge is 0.253 e. The monoisotopic (exact) mass is 404 g/mol. The van der Waals surface area contributed by atoms with Crippen LogP contribution in [0, 0.1) is 12.8 Å². The molecule has 2 atom stereocenters. The van der Waals surface area contributed by atoms with E-state index in [1.165, 1.54) is 9.75 Å². The van der Waals surface area contributed by atoms with Crippen molar-refractivity contribution in [3.05, 3.63) is 56.7 Å². The minimum Gasteiger partial charge on any atom is -0.340 e. The van der Waals surface area contributed by atoms with E-state index in [2.05, 4.69) is 24.4 Å². The first-order valence-electron chi connectivity index (χ1n) is 9.30. The average molecular weight is 405 g/mol. The summed E-state index contributed by atoms with van der Waals surface area (Å²) in [5, 5.41) is 3.30. The number of amides is 2. The van der Waals surface area contributed by atoms with Crippen LogP contribution in [-0.4, -0.2) is 29.3 Å². The summed E-state index contributed by atoms with van der Waals surface area (Å²) < 4.78 is 0. The molecule has 2 amide bonds. The van der Waals surface area contributed by atoms with Crippen LogP contribution >= 0.6 is 22.9 Å². The van der Waals surface area contributed by atoms with Crippen molar-refractivity contribution in [1.82, 2.24) is 10.2 Å². The third kappa shape index (κ3) is 4.36. The van der Waals surface area contributed by atoms with Gasteiger partial charge in [0, 0.05) is 16.3 Å². The van der Waals surface area contributed by atoms with Crippen molar-refractivity contribution in [3.8, 4) is 0 Å². The molecule has 0 spiro atoms. The molecule has 27 heavy (non-hydrogen) atoms. The fraction of sp³-hybridized carbons (Fsp3) is 0.429. The van der Waals surface area contributed by atoms with Gasteiger partial charge in [0.15, 0.2) is 0 Å². The standard InChI is InChI=1S/C21H25ClN2O2S/c1-13(2)19(23-20(25)15-7-4-5-8-16(15)22)21(26)24-12-6-9-17(24)18-11-10-14(3)27-18/h4-5,7-8,10-11,13,17,19H,6,9,12H2,1-3H3,(H,23,25). The maximum atomic E-state index is 13.3. The quantitative estimate of drug-likeness (QED) is 0.775. The van der Waals surface area contributed by atoms with E-state index >= 15 is 0 Å². The zero-order valence-electron chi connectivity index (χ0n) is 15.9. The Labute approximate surface area is 169 Å². The van der Waals surface area contributed by atoms with Crippen LogP contribution in [0.1, 0.15) is 52.8 Å². The molecule has 0 saturated carbocycles. The Kier molecular flexibility index (Phi) is 6.22. The molecule has 6 heteroatoms. The van der Waals surface area contributed by atoms with Crippen molar-refractivity contribution in [1.29, 1.82) is 0 Å². The van der Waals surface area contributed by atoms with Gasteiger partial charge in [-0.25, -0.2) is 0 Å². The first-order chi connectivity index (χ1) is 12.9. The highest BCUT2D eigenvalue weighted by molar-refractivity contribution is 7.12. The van der Waals surface area contributed by atoms with Gasteiger partial charge in [0.2, 0.25) is 5.91 Å². The lowest BCUT2D eigenvalue weighted by Crippen LogP contribution is -2.51. The van der Waals surface area contributed by atoms with Crippen molar-refractivity contribution >= 4 is 34.8 Å². The Morgan fingerprint density at radius 3 is 2.59 bits per heavy atom. The lowest BCUT2D eigenvalue weighted by Gasteiger charge is -2.30. The molecule has 1 aromatic carbocycles. The van der Waals surface area contributed by atoms with Crippen LogP contribution in [0.5, 0.6) is 0 Å². The van der Waals surface area contributed by atoms with Crippen LogP contribution in [-0.2, 0) is 4.79 Å². The summed E-state index contributed by atoms with van der Waals surface area (Å²) >= 11 is 7.88. The largest absolute Gasteiger partial charge is 0.340 e. The number of carbonyl (C=O) groups excluding carboxylic acids is 2. The number of hydrogen-bond acceptors (Lipinski definition) is 3. The summed E-state index contributed by atoms with van der Waals surface area (Å²) in [5.41, 5.74) is 0.393. The normalized spacial score (nSPS) is 18.0. The van der Waals surface area contributed by atoms with Crippen LogP contribution in [0.25, 0.3) is 0 Å². The van der Waals surface area contributed by atoms with Gasteiger partial charge in [-0.05, 0) is 49.9 Å². The predicted molar refractivity (Wildman–Crippen MR) is 110 cm³/mol. The van der Waals surface area contributed by atoms with E-state index in [1.54, 1.807) is 35.6 Å². The number of carbonyl (C=O) groups is 2. The number of likely N-dealkylation sites (tertiary alicyclic amines) is 1. The van der Waals surface area contributed by atoms with Gasteiger partial charge < -0.3 is 10.2 Å². The zero-order valence-corrected chi connectivity index (χ0v) is 17.4. The van der Waals surface area contributed by atoms with Crippen molar-refractivity contribution in [2.75, 3.05) is 6.54 Å². The Morgan fingerprint density at radius 2 is 1.96 bits per heavy atom. The molecule has 1 aliphatic rings. The third-order valence-corrected chi connectivity index (χ3v) is 6.39. The second-order valence-electron chi connectivity index (χ2n) is 7.31. The van der Waals surface area contributed by atoms with Gasteiger partial charge >= 0.3 is 0 Å². The van der Waals surface area contributed by atoms with Gasteiger partial charge in [-0.2, -0.15) is 0 Å². The predicted octanol–water partition coefficient (Wildman–Crippen LogP) is 4.83. The number of halogens is 1. The van der Waals surface area contributed by atoms with Gasteiger partial charge in [-0.1, -0.05) is 37.6 Å². The minimum absolute atomic E-state index is 0.0149. The first kappa shape index (κ1) is 19.9. The van der Waals surface area contributed by atoms with E-state index in [-0.39, 0.29) is 23.8 Å². The fourth-order valence-electron chi connectivity index (χ4n) is 3.52. The lowest BCUT2D eigenvalue weighted by atomic mass is 10.0. The molecule has 1 N–H and O–H groups in total. The van der Waals surface area contributed by atoms with E-state index in [1.807, 2.05) is 18.7 Å². The summed E-state index contributed by atoms with van der Waals surface area (Å²) in [6.45, 7) is 6.72. The molecule has 2 unspecified atom stereocenters. The number of thiophene rings is 1. The SMILES string of the molecule is Cc1ccc(C2CCCN2C(=O)C(NC(=O)c2ccccc2Cl)C(C)C)s1. The van der Waals surface area contributed by atoms with Crippen molar-refractivity contribution in [2.24, 2.45) is 5.92 Å². The number of nitrogens with one attached hydrogen (secondary N) is 1. The molecule has 1 saturated heterocycles. The Balaban J connectivity index is 1.79. The van der Waals surface area contributed by atoms with Gasteiger partial charge in [0.25, 0.3) is 5.91 Å². The zero-order chi connectivity index (χ0) is 19.6. The molecule has 3 rings (SSSR count). The maximum absolute atomic E-state index is 13.3. The number of rotatable bonds is 5. The van der Waals surface area contributed by atoms with Gasteiger partial charge in [0.05, 0.1) is 16.6 Å². The van der Waals surface area contributed by atoms with Gasteiger partial charge in [-0.15, -0.1) is 11.3 Å². The van der Waals surface area contributed by atoms with Crippen LogP contribution < -0.4 is 5.32 Å². The number of benzene rings is 1. The summed E-state index contributed by atoms with van der Waals surface area (Å²) in [6.07, 6.45) is 1.95. The Morgan fingerprint density at radius 1 is 1.22 bits per heavy atom. The van der Waals surface area contributed by atoms with Crippen molar-refractivity contribution in [3.63, 3.8) is 0 Å². The lowest BCUT2D eigenvalue weighted by molar-refractivity contribution is -0.135. The second-order valence-corrected chi connectivity index (χ2v) is 9.04. The van der Waals surface area contributed by atoms with E-state index in [4.69, 9.17) is 11.6 Å². The molecule has 144 valence electrons. The number of aryl methyl sites for hydroxylation is 1. The van der Waals surface area contributed by atoms with Crippen LogP contribution in [0.15, 0.2) is 36.4 Å². The second kappa shape index (κ2) is 8.44. The van der Waals surface area contributed by atoms with Gasteiger partial charge in [0.1, 0.15) is 6.04 Å². The van der Waals surface area contributed by atoms with Crippen molar-refractivity contribution in [2.45, 2.75) is 45.7 Å². The molecular weight excluding hydrogens is 380 g/mol. The molecule has 1 aliphatic heterocycles. The molecule has 1 fully saturated rings. The summed E-state index contributed by atoms with van der Waals surface area (Å²) in [7, 11) is 0. The van der Waals surface area contributed by atoms with Crippen molar-refractivity contribution < 1.29 is 9.59 Å². The molecular formula is C21H25ClN2O2S. The molecule has 1 aromatic heterocycles. The summed E-state index contributed by atoms with van der Waals surface area (Å²) in [4.78, 5) is 30.4. The first-order valence-corrected chi connectivity index (χ1v) is 10.5. The molecule has 0 radical (unpaired) electrons. The molecule has 2 aromatic rings. The fourth-order valence-corrected chi connectivity index (χ4v) is 4.76. The molecule has 2 heterocycles. The van der Waals surface area contributed by atoms with E-state index in [0.717, 1.165) is 19.4 Å². The average Bonchev–Trinajstić information content (AvgIpc) is 3.27. The molecule has 4 nitrogen and oxygen atoms in total. The summed E-state index contributed by atoms with van der Waals surface area (Å²) in [5.74, 6) is -0.343. The molecule has 0 bridgehead atoms. The number of hydrogen-bond donors (Lipinski definition) is 1. The highest BCUT2D eigenvalue weighted by Crippen LogP contribution is 2.36. The Bertz CT molecular complexity index is 833. The van der Waals surface area contributed by atoms with Gasteiger partial charge in [-0.3, -0.25) is 9.59 Å². The highest BCUT2D eigenvalue weighted by Gasteiger charge is 2.36. The summed E-state index contributed by atoms with van der Waals surface area (Å²) in [6, 6.07) is 10.6. The van der Waals surface area contributed by atoms with Crippen LogP contribution in [0.3, 0.4) is 0 Å². The Hall–Kier alpha value is -1.85. The third-order valence-electron chi connectivity index (χ3n) is 4.96. The van der Waals surface area contributed by atoms with E-state index < -0.39 is 6.04 Å². The number of nitrogens with zero attached hydrogens (tertiary/aromatic N) is 1. The van der Waals surface area contributed by atoms with E-state index in [9.17, 15) is 9.59 Å². The highest BCUT2D eigenvalue weighted by atomic mass is 35.5. The molecule has 0 aliphatic carbocycles. The topological polar surface area (TPSA) is 49.4 Å². The minimum atomic E-state index is -0.574. The maximum Gasteiger partial charge on any atom is 0.253 e. The van der Waals surface area contributed by atoms with Crippen LogP contribution in [0.2, 0.25) is 5.02 Å².